The highest BCUT2D eigenvalue weighted by atomic mass is 32.2. The Hall–Kier alpha value is -1.47. The Labute approximate surface area is 125 Å². The summed E-state index contributed by atoms with van der Waals surface area (Å²) in [6.07, 6.45) is 0. The smallest absolute Gasteiger partial charge is 0.241 e. The fourth-order valence-corrected chi connectivity index (χ4v) is 3.73. The molecule has 0 aliphatic carbocycles. The van der Waals surface area contributed by atoms with Crippen molar-refractivity contribution in [3.8, 4) is 0 Å². The number of benzene rings is 1. The number of hydrogen-bond acceptors (Lipinski definition) is 3. The van der Waals surface area contributed by atoms with E-state index in [-0.39, 0.29) is 10.9 Å². The molecule has 0 radical (unpaired) electrons. The standard InChI is InChI=1S/C14H21FN2O3S/c1-8(2)16-14(18)11(5)17-21(19,20)13-9(3)6-12(15)7-10(13)4/h6-8,11,17H,1-5H3,(H,16,18). The van der Waals surface area contributed by atoms with Gasteiger partial charge in [0.05, 0.1) is 10.9 Å². The number of amides is 1. The molecule has 0 saturated carbocycles. The average Bonchev–Trinajstić information content (AvgIpc) is 2.24. The number of hydrogen-bond donors (Lipinski definition) is 2. The molecule has 0 spiro atoms. The lowest BCUT2D eigenvalue weighted by Crippen LogP contribution is -2.46. The van der Waals surface area contributed by atoms with Crippen LogP contribution in [0.3, 0.4) is 0 Å². The minimum atomic E-state index is -3.90. The van der Waals surface area contributed by atoms with Gasteiger partial charge in [-0.05, 0) is 57.9 Å². The van der Waals surface area contributed by atoms with Crippen LogP contribution in [0.4, 0.5) is 4.39 Å². The molecule has 5 nitrogen and oxygen atoms in total. The maximum Gasteiger partial charge on any atom is 0.241 e. The molecule has 2 N–H and O–H groups in total. The summed E-state index contributed by atoms with van der Waals surface area (Å²) in [6, 6.07) is 1.31. The lowest BCUT2D eigenvalue weighted by Gasteiger charge is -2.18. The molecule has 0 aromatic heterocycles. The predicted octanol–water partition coefficient (Wildman–Crippen LogP) is 1.63. The Bertz CT molecular complexity index is 619. The zero-order valence-electron chi connectivity index (χ0n) is 12.8. The van der Waals surface area contributed by atoms with E-state index in [9.17, 15) is 17.6 Å². The van der Waals surface area contributed by atoms with Crippen LogP contribution in [0.25, 0.3) is 0 Å². The van der Waals surface area contributed by atoms with Crippen LogP contribution in [-0.4, -0.2) is 26.4 Å². The molecule has 1 aromatic rings. The Morgan fingerprint density at radius 2 is 1.62 bits per heavy atom. The van der Waals surface area contributed by atoms with E-state index in [4.69, 9.17) is 0 Å². The van der Waals surface area contributed by atoms with Gasteiger partial charge in [-0.3, -0.25) is 4.79 Å². The molecule has 1 amide bonds. The summed E-state index contributed by atoms with van der Waals surface area (Å²) in [5, 5.41) is 2.63. The van der Waals surface area contributed by atoms with Crippen LogP contribution in [0.15, 0.2) is 17.0 Å². The molecule has 0 aliphatic rings. The van der Waals surface area contributed by atoms with E-state index in [1.807, 2.05) is 0 Å². The molecular weight excluding hydrogens is 295 g/mol. The maximum atomic E-state index is 13.3. The first-order valence-corrected chi connectivity index (χ1v) is 8.12. The molecule has 0 saturated heterocycles. The lowest BCUT2D eigenvalue weighted by molar-refractivity contribution is -0.122. The van der Waals surface area contributed by atoms with E-state index >= 15 is 0 Å². The number of aryl methyl sites for hydroxylation is 2. The van der Waals surface area contributed by atoms with Gasteiger partial charge in [-0.25, -0.2) is 12.8 Å². The monoisotopic (exact) mass is 316 g/mol. The van der Waals surface area contributed by atoms with E-state index in [0.29, 0.717) is 11.1 Å². The predicted molar refractivity (Wildman–Crippen MR) is 78.9 cm³/mol. The summed E-state index contributed by atoms with van der Waals surface area (Å²) in [5.74, 6) is -0.902. The van der Waals surface area contributed by atoms with Crippen molar-refractivity contribution in [1.82, 2.24) is 10.0 Å². The topological polar surface area (TPSA) is 75.3 Å². The van der Waals surface area contributed by atoms with Gasteiger partial charge in [-0.15, -0.1) is 0 Å². The van der Waals surface area contributed by atoms with Crippen LogP contribution in [0.5, 0.6) is 0 Å². The number of carbonyl (C=O) groups excluding carboxylic acids is 1. The second-order valence-electron chi connectivity index (χ2n) is 5.37. The quantitative estimate of drug-likeness (QED) is 0.867. The van der Waals surface area contributed by atoms with Gasteiger partial charge in [0.15, 0.2) is 0 Å². The van der Waals surface area contributed by atoms with Crippen LogP contribution in [-0.2, 0) is 14.8 Å². The van der Waals surface area contributed by atoms with Crippen molar-refractivity contribution in [2.75, 3.05) is 0 Å². The molecule has 1 unspecified atom stereocenters. The van der Waals surface area contributed by atoms with Crippen molar-refractivity contribution >= 4 is 15.9 Å². The molecule has 0 bridgehead atoms. The number of sulfonamides is 1. The summed E-state index contributed by atoms with van der Waals surface area (Å²) in [5.41, 5.74) is 0.605. The van der Waals surface area contributed by atoms with E-state index in [0.717, 1.165) is 12.1 Å². The van der Waals surface area contributed by atoms with Crippen molar-refractivity contribution < 1.29 is 17.6 Å². The van der Waals surface area contributed by atoms with Gasteiger partial charge in [-0.1, -0.05) is 0 Å². The third-order valence-electron chi connectivity index (χ3n) is 2.85. The summed E-state index contributed by atoms with van der Waals surface area (Å²) >= 11 is 0. The minimum absolute atomic E-state index is 0.00750. The zero-order chi connectivity index (χ0) is 16.4. The molecule has 0 aliphatic heterocycles. The first-order valence-electron chi connectivity index (χ1n) is 6.64. The Kier molecular flexibility index (Phi) is 5.47. The fraction of sp³-hybridized carbons (Fsp3) is 0.500. The van der Waals surface area contributed by atoms with Crippen molar-refractivity contribution in [3.05, 3.63) is 29.1 Å². The van der Waals surface area contributed by atoms with Crippen LogP contribution >= 0.6 is 0 Å². The number of carbonyl (C=O) groups is 1. The van der Waals surface area contributed by atoms with Gasteiger partial charge in [-0.2, -0.15) is 4.72 Å². The first-order chi connectivity index (χ1) is 9.54. The Morgan fingerprint density at radius 1 is 1.14 bits per heavy atom. The van der Waals surface area contributed by atoms with Crippen molar-refractivity contribution in [2.24, 2.45) is 0 Å². The van der Waals surface area contributed by atoms with E-state index in [1.54, 1.807) is 13.8 Å². The molecule has 118 valence electrons. The maximum absolute atomic E-state index is 13.3. The second kappa shape index (κ2) is 6.53. The van der Waals surface area contributed by atoms with Gasteiger partial charge < -0.3 is 5.32 Å². The van der Waals surface area contributed by atoms with E-state index in [2.05, 4.69) is 10.0 Å². The van der Waals surface area contributed by atoms with Gasteiger partial charge in [0.25, 0.3) is 0 Å². The molecule has 0 fully saturated rings. The van der Waals surface area contributed by atoms with Gasteiger partial charge in [0, 0.05) is 6.04 Å². The van der Waals surface area contributed by atoms with Crippen LogP contribution in [0.2, 0.25) is 0 Å². The van der Waals surface area contributed by atoms with Gasteiger partial charge in [0.2, 0.25) is 15.9 Å². The summed E-state index contributed by atoms with van der Waals surface area (Å²) in [6.45, 7) is 8.07. The number of rotatable bonds is 5. The van der Waals surface area contributed by atoms with Crippen LogP contribution < -0.4 is 10.0 Å². The van der Waals surface area contributed by atoms with Crippen molar-refractivity contribution in [1.29, 1.82) is 0 Å². The molecule has 1 aromatic carbocycles. The summed E-state index contributed by atoms with van der Waals surface area (Å²) in [7, 11) is -3.90. The SMILES string of the molecule is Cc1cc(F)cc(C)c1S(=O)(=O)NC(C)C(=O)NC(C)C. The molecule has 0 heterocycles. The Morgan fingerprint density at radius 3 is 2.05 bits per heavy atom. The molecule has 1 rings (SSSR count). The van der Waals surface area contributed by atoms with Gasteiger partial charge >= 0.3 is 0 Å². The second-order valence-corrected chi connectivity index (χ2v) is 7.03. The van der Waals surface area contributed by atoms with Crippen LogP contribution in [0, 0.1) is 19.7 Å². The fourth-order valence-electron chi connectivity index (χ4n) is 2.08. The number of nitrogens with one attached hydrogen (secondary N) is 2. The molecule has 7 heteroatoms. The average molecular weight is 316 g/mol. The molecule has 21 heavy (non-hydrogen) atoms. The van der Waals surface area contributed by atoms with Gasteiger partial charge in [0.1, 0.15) is 5.82 Å². The number of halogens is 1. The Balaban J connectivity index is 3.05. The van der Waals surface area contributed by atoms with Crippen LogP contribution in [0.1, 0.15) is 31.9 Å². The third kappa shape index (κ3) is 4.50. The lowest BCUT2D eigenvalue weighted by atomic mass is 10.1. The normalized spacial score (nSPS) is 13.3. The van der Waals surface area contributed by atoms with Crippen molar-refractivity contribution in [2.45, 2.75) is 51.6 Å². The molecular formula is C14H21FN2O3S. The highest BCUT2D eigenvalue weighted by Gasteiger charge is 2.25. The van der Waals surface area contributed by atoms with E-state index in [1.165, 1.54) is 20.8 Å². The summed E-state index contributed by atoms with van der Waals surface area (Å²) < 4.78 is 40.3. The third-order valence-corrected chi connectivity index (χ3v) is 4.70. The first kappa shape index (κ1) is 17.6. The largest absolute Gasteiger partial charge is 0.353 e. The van der Waals surface area contributed by atoms with E-state index < -0.39 is 27.8 Å². The highest BCUT2D eigenvalue weighted by Crippen LogP contribution is 2.21. The summed E-state index contributed by atoms with van der Waals surface area (Å²) in [4.78, 5) is 11.8. The minimum Gasteiger partial charge on any atom is -0.353 e. The molecule has 1 atom stereocenters. The van der Waals surface area contributed by atoms with Crippen molar-refractivity contribution in [3.63, 3.8) is 0 Å². The highest BCUT2D eigenvalue weighted by molar-refractivity contribution is 7.89. The zero-order valence-corrected chi connectivity index (χ0v) is 13.6.